The van der Waals surface area contributed by atoms with Crippen LogP contribution in [-0.2, 0) is 14.8 Å². The average molecular weight is 452 g/mol. The fourth-order valence-corrected chi connectivity index (χ4v) is 3.94. The van der Waals surface area contributed by atoms with Crippen LogP contribution in [0, 0.1) is 13.8 Å². The molecule has 2 heterocycles. The molecule has 170 valence electrons. The van der Waals surface area contributed by atoms with Crippen molar-refractivity contribution < 1.29 is 22.5 Å². The van der Waals surface area contributed by atoms with Crippen molar-refractivity contribution >= 4 is 21.8 Å². The molecule has 3 rings (SSSR count). The quantitative estimate of drug-likeness (QED) is 0.679. The summed E-state index contributed by atoms with van der Waals surface area (Å²) in [5, 5.41) is 3.84. The topological polar surface area (TPSA) is 118 Å². The molecule has 0 aliphatic carbocycles. The smallest absolute Gasteiger partial charge is 0.414 e. The lowest BCUT2D eigenvalue weighted by molar-refractivity contribution is 0.0562. The first kappa shape index (κ1) is 23.2. The van der Waals surface area contributed by atoms with Crippen LogP contribution in [0.1, 0.15) is 24.2 Å². The first-order valence-electron chi connectivity index (χ1n) is 10.1. The largest absolute Gasteiger partial charge is 0.446 e. The molecule has 2 aromatic rings. The molecule has 1 aromatic heterocycles. The van der Waals surface area contributed by atoms with Gasteiger partial charge in [-0.3, -0.25) is 4.90 Å². The van der Waals surface area contributed by atoms with Gasteiger partial charge in [0.1, 0.15) is 6.10 Å². The van der Waals surface area contributed by atoms with Gasteiger partial charge < -0.3 is 14.2 Å². The van der Waals surface area contributed by atoms with Gasteiger partial charge in [0.05, 0.1) is 17.5 Å². The minimum Gasteiger partial charge on any atom is -0.446 e. The standard InChI is InChI=1S/C20H29N5O5S/c1-14-5-6-18(17(13-14)19-22-15(2)23-30-19)24(3)20(26)29-16-7-10-25(11-8-16)12-9-21-31(4,27)28/h5-6,13,16,21H,7-12H2,1-4H3. The second-order valence-corrected chi connectivity index (χ2v) is 9.65. The molecule has 0 radical (unpaired) electrons. The number of hydrogen-bond donors (Lipinski definition) is 1. The van der Waals surface area contributed by atoms with Gasteiger partial charge in [-0.1, -0.05) is 16.8 Å². The van der Waals surface area contributed by atoms with Crippen molar-refractivity contribution in [2.24, 2.45) is 0 Å². The summed E-state index contributed by atoms with van der Waals surface area (Å²) >= 11 is 0. The van der Waals surface area contributed by atoms with Crippen molar-refractivity contribution in [3.63, 3.8) is 0 Å². The Morgan fingerprint density at radius 3 is 2.65 bits per heavy atom. The number of piperidine rings is 1. The van der Waals surface area contributed by atoms with E-state index >= 15 is 0 Å². The van der Waals surface area contributed by atoms with Crippen molar-refractivity contribution in [1.82, 2.24) is 19.8 Å². The van der Waals surface area contributed by atoms with E-state index in [1.807, 2.05) is 25.1 Å². The first-order valence-corrected chi connectivity index (χ1v) is 12.0. The molecular weight excluding hydrogens is 422 g/mol. The zero-order valence-corrected chi connectivity index (χ0v) is 19.1. The summed E-state index contributed by atoms with van der Waals surface area (Å²) in [5.41, 5.74) is 2.31. The van der Waals surface area contributed by atoms with Crippen LogP contribution >= 0.6 is 0 Å². The number of nitrogens with zero attached hydrogens (tertiary/aromatic N) is 4. The number of carbonyl (C=O) groups is 1. The highest BCUT2D eigenvalue weighted by molar-refractivity contribution is 7.88. The van der Waals surface area contributed by atoms with Gasteiger partial charge in [-0.15, -0.1) is 0 Å². The van der Waals surface area contributed by atoms with Gasteiger partial charge in [-0.25, -0.2) is 17.9 Å². The van der Waals surface area contributed by atoms with Crippen LogP contribution in [0.2, 0.25) is 0 Å². The predicted molar refractivity (Wildman–Crippen MR) is 116 cm³/mol. The Morgan fingerprint density at radius 2 is 2.03 bits per heavy atom. The van der Waals surface area contributed by atoms with E-state index in [2.05, 4.69) is 19.8 Å². The number of rotatable bonds is 7. The van der Waals surface area contributed by atoms with Crippen molar-refractivity contribution in [2.45, 2.75) is 32.8 Å². The van der Waals surface area contributed by atoms with Crippen molar-refractivity contribution in [2.75, 3.05) is 44.4 Å². The number of amides is 1. The Bertz CT molecular complexity index is 1010. The molecule has 0 spiro atoms. The number of benzene rings is 1. The van der Waals surface area contributed by atoms with Gasteiger partial charge in [0, 0.05) is 33.2 Å². The number of carbonyl (C=O) groups excluding carboxylic acids is 1. The summed E-state index contributed by atoms with van der Waals surface area (Å²) in [6.07, 6.45) is 1.91. The van der Waals surface area contributed by atoms with Gasteiger partial charge in [0.2, 0.25) is 10.0 Å². The monoisotopic (exact) mass is 451 g/mol. The molecule has 0 saturated carbocycles. The normalized spacial score (nSPS) is 15.7. The van der Waals surface area contributed by atoms with Crippen LogP contribution in [0.25, 0.3) is 11.5 Å². The summed E-state index contributed by atoms with van der Waals surface area (Å²) in [4.78, 5) is 20.7. The number of sulfonamides is 1. The van der Waals surface area contributed by atoms with E-state index in [4.69, 9.17) is 9.26 Å². The summed E-state index contributed by atoms with van der Waals surface area (Å²) in [7, 11) is -1.52. The fourth-order valence-electron chi connectivity index (χ4n) is 3.48. The molecular formula is C20H29N5O5S. The Kier molecular flexibility index (Phi) is 7.29. The number of likely N-dealkylation sites (tertiary alicyclic amines) is 1. The van der Waals surface area contributed by atoms with E-state index in [9.17, 15) is 13.2 Å². The van der Waals surface area contributed by atoms with Gasteiger partial charge in [-0.05, 0) is 38.8 Å². The van der Waals surface area contributed by atoms with Gasteiger partial charge >= 0.3 is 6.09 Å². The number of aromatic nitrogens is 2. The van der Waals surface area contributed by atoms with Crippen LogP contribution in [-0.4, -0.2) is 75.1 Å². The van der Waals surface area contributed by atoms with E-state index in [1.165, 1.54) is 4.90 Å². The fraction of sp³-hybridized carbons (Fsp3) is 0.550. The lowest BCUT2D eigenvalue weighted by atomic mass is 10.1. The predicted octanol–water partition coefficient (Wildman–Crippen LogP) is 1.94. The maximum atomic E-state index is 12.8. The molecule has 1 aromatic carbocycles. The highest BCUT2D eigenvalue weighted by Gasteiger charge is 2.26. The lowest BCUT2D eigenvalue weighted by Gasteiger charge is -2.32. The third-order valence-electron chi connectivity index (χ3n) is 5.14. The molecule has 1 saturated heterocycles. The molecule has 1 fully saturated rings. The van der Waals surface area contributed by atoms with E-state index < -0.39 is 16.1 Å². The van der Waals surface area contributed by atoms with E-state index in [0.717, 1.165) is 24.9 Å². The summed E-state index contributed by atoms with van der Waals surface area (Å²) < 4.78 is 35.8. The Morgan fingerprint density at radius 1 is 1.32 bits per heavy atom. The highest BCUT2D eigenvalue weighted by Crippen LogP contribution is 2.31. The van der Waals surface area contributed by atoms with Crippen LogP contribution in [0.4, 0.5) is 10.5 Å². The second kappa shape index (κ2) is 9.75. The van der Waals surface area contributed by atoms with E-state index in [1.54, 1.807) is 14.0 Å². The van der Waals surface area contributed by atoms with Crippen LogP contribution in [0.3, 0.4) is 0 Å². The van der Waals surface area contributed by atoms with Gasteiger partial charge in [0.15, 0.2) is 5.82 Å². The molecule has 0 bridgehead atoms. The number of hydrogen-bond acceptors (Lipinski definition) is 8. The second-order valence-electron chi connectivity index (χ2n) is 7.82. The molecule has 1 N–H and O–H groups in total. The first-order chi connectivity index (χ1) is 14.6. The zero-order chi connectivity index (χ0) is 22.6. The number of aryl methyl sites for hydroxylation is 2. The van der Waals surface area contributed by atoms with E-state index in [0.29, 0.717) is 48.9 Å². The van der Waals surface area contributed by atoms with Crippen LogP contribution in [0.15, 0.2) is 22.7 Å². The van der Waals surface area contributed by atoms with Gasteiger partial charge in [-0.2, -0.15) is 4.98 Å². The summed E-state index contributed by atoms with van der Waals surface area (Å²) in [6, 6.07) is 5.65. The van der Waals surface area contributed by atoms with E-state index in [-0.39, 0.29) is 6.10 Å². The van der Waals surface area contributed by atoms with Crippen molar-refractivity contribution in [3.05, 3.63) is 29.6 Å². The molecule has 0 atom stereocenters. The van der Waals surface area contributed by atoms with Crippen LogP contribution < -0.4 is 9.62 Å². The minimum atomic E-state index is -3.18. The zero-order valence-electron chi connectivity index (χ0n) is 18.3. The third kappa shape index (κ3) is 6.49. The Labute approximate surface area is 182 Å². The van der Waals surface area contributed by atoms with Crippen LogP contribution in [0.5, 0.6) is 0 Å². The molecule has 1 aliphatic rings. The Hall–Kier alpha value is -2.50. The highest BCUT2D eigenvalue weighted by atomic mass is 32.2. The average Bonchev–Trinajstić information content (AvgIpc) is 3.14. The molecule has 11 heteroatoms. The minimum absolute atomic E-state index is 0.186. The molecule has 0 unspecified atom stereocenters. The van der Waals surface area contributed by atoms with Crippen molar-refractivity contribution in [1.29, 1.82) is 0 Å². The summed E-state index contributed by atoms with van der Waals surface area (Å²) in [5.74, 6) is 0.873. The molecule has 31 heavy (non-hydrogen) atoms. The number of anilines is 1. The summed E-state index contributed by atoms with van der Waals surface area (Å²) in [6.45, 7) is 6.17. The Balaban J connectivity index is 1.57. The number of nitrogens with one attached hydrogen (secondary N) is 1. The third-order valence-corrected chi connectivity index (χ3v) is 5.87. The van der Waals surface area contributed by atoms with Crippen molar-refractivity contribution in [3.8, 4) is 11.5 Å². The molecule has 1 aliphatic heterocycles. The number of ether oxygens (including phenoxy) is 1. The maximum absolute atomic E-state index is 12.8. The van der Waals surface area contributed by atoms with Gasteiger partial charge in [0.25, 0.3) is 5.89 Å². The molecule has 10 nitrogen and oxygen atoms in total. The SMILES string of the molecule is Cc1ccc(N(C)C(=O)OC2CCN(CCNS(C)(=O)=O)CC2)c(-c2nc(C)no2)c1. The maximum Gasteiger partial charge on any atom is 0.414 e. The lowest BCUT2D eigenvalue weighted by Crippen LogP contribution is -2.42. The molecule has 1 amide bonds.